The maximum Gasteiger partial charge on any atom is 0.257 e. The maximum absolute atomic E-state index is 14.0. The highest BCUT2D eigenvalue weighted by molar-refractivity contribution is 5.43. The standard InChI is InChI=1S/C25H31F3N2O2/c1-25(27,28)17-30-10-2-3-20-13-21(31)6-9-23(20)24(30)19-4-7-22(8-5-19)32-12-11-29-15-18(14-26)16-29/h4-9,13,18,24,31H,2-3,10-12,14-17H2,1H3/t24-/m1/s1. The first-order chi connectivity index (χ1) is 15.3. The Labute approximate surface area is 187 Å². The molecule has 7 heteroatoms. The fraction of sp³-hybridized carbons (Fsp3) is 0.520. The van der Waals surface area contributed by atoms with Crippen molar-refractivity contribution in [2.45, 2.75) is 31.7 Å². The number of ether oxygens (including phenoxy) is 1. The average Bonchev–Trinajstić information content (AvgIpc) is 2.87. The Balaban J connectivity index is 1.49. The third-order valence-corrected chi connectivity index (χ3v) is 6.28. The fourth-order valence-corrected chi connectivity index (χ4v) is 4.79. The van der Waals surface area contributed by atoms with Crippen molar-refractivity contribution in [2.75, 3.05) is 46.0 Å². The van der Waals surface area contributed by atoms with E-state index in [-0.39, 0.29) is 30.9 Å². The molecule has 0 radical (unpaired) electrons. The van der Waals surface area contributed by atoms with Gasteiger partial charge < -0.3 is 9.84 Å². The first-order valence-corrected chi connectivity index (χ1v) is 11.3. The summed E-state index contributed by atoms with van der Waals surface area (Å²) in [5, 5.41) is 9.93. The van der Waals surface area contributed by atoms with Crippen molar-refractivity contribution < 1.29 is 23.0 Å². The lowest BCUT2D eigenvalue weighted by Gasteiger charge is -2.37. The van der Waals surface area contributed by atoms with E-state index in [4.69, 9.17) is 4.74 Å². The molecule has 1 saturated heterocycles. The molecule has 2 aliphatic rings. The molecule has 0 bridgehead atoms. The summed E-state index contributed by atoms with van der Waals surface area (Å²) in [6.07, 6.45) is 1.50. The van der Waals surface area contributed by atoms with Crippen molar-refractivity contribution in [1.29, 1.82) is 0 Å². The topological polar surface area (TPSA) is 35.9 Å². The van der Waals surface area contributed by atoms with Gasteiger partial charge in [0, 0.05) is 32.5 Å². The van der Waals surface area contributed by atoms with Crippen LogP contribution in [0.4, 0.5) is 13.2 Å². The van der Waals surface area contributed by atoms with Crippen LogP contribution in [0.3, 0.4) is 0 Å². The van der Waals surface area contributed by atoms with Crippen LogP contribution in [0.15, 0.2) is 42.5 Å². The fourth-order valence-electron chi connectivity index (χ4n) is 4.79. The normalized spacial score (nSPS) is 20.4. The summed E-state index contributed by atoms with van der Waals surface area (Å²) in [4.78, 5) is 4.00. The van der Waals surface area contributed by atoms with Crippen LogP contribution in [-0.4, -0.2) is 66.8 Å². The third-order valence-electron chi connectivity index (χ3n) is 6.28. The molecule has 1 atom stereocenters. The summed E-state index contributed by atoms with van der Waals surface area (Å²) < 4.78 is 46.4. The van der Waals surface area contributed by atoms with E-state index < -0.39 is 5.92 Å². The molecule has 2 heterocycles. The zero-order valence-corrected chi connectivity index (χ0v) is 18.4. The van der Waals surface area contributed by atoms with Crippen LogP contribution < -0.4 is 4.74 Å². The Kier molecular flexibility index (Phi) is 6.96. The quantitative estimate of drug-likeness (QED) is 0.637. The summed E-state index contributed by atoms with van der Waals surface area (Å²) in [5.74, 6) is -1.72. The smallest absolute Gasteiger partial charge is 0.257 e. The lowest BCUT2D eigenvalue weighted by atomic mass is 9.92. The molecule has 1 fully saturated rings. The van der Waals surface area contributed by atoms with Gasteiger partial charge in [0.1, 0.15) is 18.1 Å². The zero-order chi connectivity index (χ0) is 22.7. The van der Waals surface area contributed by atoms with E-state index in [9.17, 15) is 18.3 Å². The second-order valence-electron chi connectivity index (χ2n) is 9.13. The van der Waals surface area contributed by atoms with E-state index in [1.807, 2.05) is 35.2 Å². The Morgan fingerprint density at radius 3 is 2.56 bits per heavy atom. The van der Waals surface area contributed by atoms with Crippen LogP contribution in [0.1, 0.15) is 36.1 Å². The second-order valence-corrected chi connectivity index (χ2v) is 9.13. The summed E-state index contributed by atoms with van der Waals surface area (Å²) >= 11 is 0. The molecule has 2 aromatic rings. The highest BCUT2D eigenvalue weighted by Gasteiger charge is 2.33. The minimum atomic E-state index is -2.80. The van der Waals surface area contributed by atoms with Gasteiger partial charge in [0.25, 0.3) is 5.92 Å². The number of phenols is 1. The van der Waals surface area contributed by atoms with Crippen molar-refractivity contribution >= 4 is 0 Å². The molecule has 0 aromatic heterocycles. The minimum Gasteiger partial charge on any atom is -0.508 e. The molecule has 4 rings (SSSR count). The van der Waals surface area contributed by atoms with Gasteiger partial charge in [-0.15, -0.1) is 0 Å². The highest BCUT2D eigenvalue weighted by Crippen LogP contribution is 2.37. The molecular formula is C25H31F3N2O2. The number of halogens is 3. The van der Waals surface area contributed by atoms with E-state index in [1.165, 1.54) is 0 Å². The van der Waals surface area contributed by atoms with Gasteiger partial charge in [-0.05, 0) is 60.3 Å². The predicted molar refractivity (Wildman–Crippen MR) is 118 cm³/mol. The summed E-state index contributed by atoms with van der Waals surface area (Å²) in [5.41, 5.74) is 2.88. The molecule has 32 heavy (non-hydrogen) atoms. The number of likely N-dealkylation sites (tertiary alicyclic amines) is 1. The first-order valence-electron chi connectivity index (χ1n) is 11.3. The van der Waals surface area contributed by atoms with Crippen LogP contribution in [0.5, 0.6) is 11.5 Å². The van der Waals surface area contributed by atoms with E-state index in [1.54, 1.807) is 12.1 Å². The number of phenolic OH excluding ortho intramolecular Hbond substituents is 1. The van der Waals surface area contributed by atoms with E-state index in [0.717, 1.165) is 61.8 Å². The molecule has 0 spiro atoms. The number of fused-ring (bicyclic) bond motifs is 1. The molecule has 1 N–H and O–H groups in total. The van der Waals surface area contributed by atoms with Gasteiger partial charge in [-0.1, -0.05) is 18.2 Å². The summed E-state index contributed by atoms with van der Waals surface area (Å²) in [6, 6.07) is 12.5. The van der Waals surface area contributed by atoms with Gasteiger partial charge in [0.05, 0.1) is 19.3 Å². The number of rotatable bonds is 8. The monoisotopic (exact) mass is 448 g/mol. The molecule has 2 aliphatic heterocycles. The van der Waals surface area contributed by atoms with Crippen LogP contribution in [0.2, 0.25) is 0 Å². The van der Waals surface area contributed by atoms with Crippen molar-refractivity contribution in [2.24, 2.45) is 5.92 Å². The van der Waals surface area contributed by atoms with Crippen LogP contribution in [0.25, 0.3) is 0 Å². The predicted octanol–water partition coefficient (Wildman–Crippen LogP) is 4.67. The van der Waals surface area contributed by atoms with Gasteiger partial charge in [-0.25, -0.2) is 8.78 Å². The number of nitrogens with zero attached hydrogens (tertiary/aromatic N) is 2. The number of benzene rings is 2. The van der Waals surface area contributed by atoms with Crippen LogP contribution >= 0.6 is 0 Å². The Morgan fingerprint density at radius 1 is 1.12 bits per heavy atom. The van der Waals surface area contributed by atoms with Crippen molar-refractivity contribution in [3.8, 4) is 11.5 Å². The third kappa shape index (κ3) is 5.56. The lowest BCUT2D eigenvalue weighted by molar-refractivity contribution is -0.0217. The van der Waals surface area contributed by atoms with Gasteiger partial charge in [0.15, 0.2) is 0 Å². The molecule has 0 amide bonds. The van der Waals surface area contributed by atoms with Gasteiger partial charge in [-0.2, -0.15) is 0 Å². The molecule has 0 aliphatic carbocycles. The van der Waals surface area contributed by atoms with Gasteiger partial charge >= 0.3 is 0 Å². The van der Waals surface area contributed by atoms with Crippen molar-refractivity contribution in [3.63, 3.8) is 0 Å². The molecule has 0 saturated carbocycles. The second kappa shape index (κ2) is 9.71. The molecule has 2 aromatic carbocycles. The van der Waals surface area contributed by atoms with E-state index >= 15 is 0 Å². The Bertz CT molecular complexity index is 895. The summed E-state index contributed by atoms with van der Waals surface area (Å²) in [6.45, 7) is 3.78. The lowest BCUT2D eigenvalue weighted by Crippen LogP contribution is -2.49. The number of aromatic hydroxyl groups is 1. The largest absolute Gasteiger partial charge is 0.508 e. The van der Waals surface area contributed by atoms with E-state index in [2.05, 4.69) is 4.90 Å². The van der Waals surface area contributed by atoms with E-state index in [0.29, 0.717) is 13.2 Å². The minimum absolute atomic E-state index is 0.164. The zero-order valence-electron chi connectivity index (χ0n) is 18.4. The Morgan fingerprint density at radius 2 is 1.88 bits per heavy atom. The highest BCUT2D eigenvalue weighted by atomic mass is 19.3. The molecular weight excluding hydrogens is 417 g/mol. The molecule has 4 nitrogen and oxygen atoms in total. The number of hydrogen-bond donors (Lipinski definition) is 1. The SMILES string of the molecule is CC(F)(F)CN1CCCc2cc(O)ccc2[C@H]1c1ccc(OCCN2CC(CF)C2)cc1. The van der Waals surface area contributed by atoms with Crippen molar-refractivity contribution in [1.82, 2.24) is 9.80 Å². The molecule has 0 unspecified atom stereocenters. The van der Waals surface area contributed by atoms with Gasteiger partial charge in [-0.3, -0.25) is 14.2 Å². The number of hydrogen-bond acceptors (Lipinski definition) is 4. The number of aryl methyl sites for hydroxylation is 1. The Hall–Kier alpha value is -2.25. The van der Waals surface area contributed by atoms with Crippen LogP contribution in [-0.2, 0) is 6.42 Å². The number of alkyl halides is 3. The first kappa shape index (κ1) is 22.9. The average molecular weight is 449 g/mol. The van der Waals surface area contributed by atoms with Crippen molar-refractivity contribution in [3.05, 3.63) is 59.2 Å². The molecule has 174 valence electrons. The van der Waals surface area contributed by atoms with Crippen LogP contribution in [0, 0.1) is 5.92 Å². The van der Waals surface area contributed by atoms with Gasteiger partial charge in [0.2, 0.25) is 0 Å². The summed E-state index contributed by atoms with van der Waals surface area (Å²) in [7, 11) is 0. The maximum atomic E-state index is 14.0.